The highest BCUT2D eigenvalue weighted by Crippen LogP contribution is 2.60. The van der Waals surface area contributed by atoms with Crippen molar-refractivity contribution in [2.45, 2.75) is 122 Å². The lowest BCUT2D eigenvalue weighted by molar-refractivity contribution is -0.525. The molecule has 5 aliphatic heterocycles. The minimum atomic E-state index is -0.758. The molecule has 0 aromatic carbocycles. The molecule has 1 aliphatic carbocycles. The number of fused-ring (bicyclic) bond motifs is 2. The summed E-state index contributed by atoms with van der Waals surface area (Å²) >= 11 is 0. The molecule has 6 nitrogen and oxygen atoms in total. The number of methoxy groups -OCH3 is 1. The number of carbonyl (C=O) groups is 1. The normalized spacial score (nSPS) is 43.9. The zero-order valence-electron chi connectivity index (χ0n) is 24.0. The summed E-state index contributed by atoms with van der Waals surface area (Å²) in [7, 11) is 1.72. The van der Waals surface area contributed by atoms with Crippen molar-refractivity contribution in [2.24, 2.45) is 23.2 Å². The number of rotatable bonds is 6. The Hall–Kier alpha value is -1.21. The Morgan fingerprint density at radius 1 is 1.03 bits per heavy atom. The molecule has 0 amide bonds. The fourth-order valence-electron chi connectivity index (χ4n) is 8.16. The van der Waals surface area contributed by atoms with Gasteiger partial charge in [0.2, 0.25) is 5.79 Å². The molecule has 6 rings (SSSR count). The smallest absolute Gasteiger partial charge is 0.333 e. The van der Waals surface area contributed by atoms with Crippen molar-refractivity contribution in [1.82, 2.24) is 0 Å². The van der Waals surface area contributed by atoms with E-state index in [-0.39, 0.29) is 11.4 Å². The van der Waals surface area contributed by atoms with Crippen molar-refractivity contribution in [2.75, 3.05) is 20.3 Å². The van der Waals surface area contributed by atoms with Gasteiger partial charge in [0.25, 0.3) is 0 Å². The minimum absolute atomic E-state index is 0.139. The molecule has 0 N–H and O–H groups in total. The SMILES string of the molecule is C=C1CC[C@H](CC[C@H]2CC[C@]3(OC2)O[C@@]2(OC)CC[C@]3(C)OC2(C)C)C(C)(C)[C@H]1C/C=C1/CCOC1=O. The van der Waals surface area contributed by atoms with Crippen LogP contribution in [0.4, 0.5) is 0 Å². The summed E-state index contributed by atoms with van der Waals surface area (Å²) < 4.78 is 31.1. The average Bonchev–Trinajstić information content (AvgIpc) is 3.24. The van der Waals surface area contributed by atoms with Crippen molar-refractivity contribution in [3.05, 3.63) is 23.8 Å². The quantitative estimate of drug-likeness (QED) is 0.229. The van der Waals surface area contributed by atoms with E-state index in [1.54, 1.807) is 7.11 Å². The zero-order valence-corrected chi connectivity index (χ0v) is 24.0. The topological polar surface area (TPSA) is 63.2 Å². The van der Waals surface area contributed by atoms with Gasteiger partial charge in [-0.15, -0.1) is 0 Å². The van der Waals surface area contributed by atoms with Gasteiger partial charge in [-0.2, -0.15) is 0 Å². The lowest BCUT2D eigenvalue weighted by Gasteiger charge is -2.67. The number of esters is 1. The first-order valence-electron chi connectivity index (χ1n) is 14.5. The lowest BCUT2D eigenvalue weighted by Crippen LogP contribution is -2.78. The summed E-state index contributed by atoms with van der Waals surface area (Å²) in [6.45, 7) is 16.8. The van der Waals surface area contributed by atoms with Crippen LogP contribution in [0.15, 0.2) is 23.8 Å². The van der Waals surface area contributed by atoms with Crippen LogP contribution < -0.4 is 0 Å². The standard InChI is InChI=1S/C31H48O6/c1-21-8-11-24(27(2,3)25(21)13-10-23-15-19-34-26(23)32)12-9-22-14-16-31(35-20-22)29(6)17-18-30(33-7,37-31)28(4,5)36-29/h10,22,24-25H,1,8-9,11-20H2,2-7H3/b23-10-/t22-,24+,25-,29-,30-,31-/m0/s1. The molecule has 37 heavy (non-hydrogen) atoms. The van der Waals surface area contributed by atoms with E-state index in [0.717, 1.165) is 56.9 Å². The molecule has 5 heterocycles. The third kappa shape index (κ3) is 4.44. The Morgan fingerprint density at radius 3 is 2.43 bits per heavy atom. The molecular formula is C31H48O6. The van der Waals surface area contributed by atoms with Gasteiger partial charge >= 0.3 is 5.97 Å². The molecule has 6 fully saturated rings. The fraction of sp³-hybridized carbons (Fsp3) is 0.839. The molecule has 2 bridgehead atoms. The summed E-state index contributed by atoms with van der Waals surface area (Å²) in [5, 5.41) is 0. The summed E-state index contributed by atoms with van der Waals surface area (Å²) in [4.78, 5) is 11.9. The second-order valence-electron chi connectivity index (χ2n) is 13.6. The van der Waals surface area contributed by atoms with E-state index in [4.69, 9.17) is 23.7 Å². The van der Waals surface area contributed by atoms with Gasteiger partial charge in [-0.05, 0) is 88.9 Å². The van der Waals surface area contributed by atoms with Gasteiger partial charge in [0.1, 0.15) is 11.2 Å². The van der Waals surface area contributed by atoms with Gasteiger partial charge in [0, 0.05) is 31.9 Å². The second-order valence-corrected chi connectivity index (χ2v) is 13.6. The van der Waals surface area contributed by atoms with Crippen molar-refractivity contribution in [1.29, 1.82) is 0 Å². The van der Waals surface area contributed by atoms with E-state index in [9.17, 15) is 4.79 Å². The van der Waals surface area contributed by atoms with Crippen LogP contribution in [-0.2, 0) is 28.5 Å². The van der Waals surface area contributed by atoms with E-state index in [2.05, 4.69) is 47.3 Å². The Kier molecular flexibility index (Phi) is 7.00. The molecule has 0 aromatic rings. The largest absolute Gasteiger partial charge is 0.462 e. The Labute approximate surface area is 223 Å². The van der Waals surface area contributed by atoms with Crippen molar-refractivity contribution in [3.63, 3.8) is 0 Å². The number of hydrogen-bond donors (Lipinski definition) is 0. The predicted molar refractivity (Wildman–Crippen MR) is 142 cm³/mol. The lowest BCUT2D eigenvalue weighted by atomic mass is 9.58. The Morgan fingerprint density at radius 2 is 1.81 bits per heavy atom. The summed E-state index contributed by atoms with van der Waals surface area (Å²) in [6.07, 6.45) is 12.0. The predicted octanol–water partition coefficient (Wildman–Crippen LogP) is 6.48. The van der Waals surface area contributed by atoms with Gasteiger partial charge in [0.15, 0.2) is 5.79 Å². The van der Waals surface area contributed by atoms with Crippen LogP contribution in [0.5, 0.6) is 0 Å². The van der Waals surface area contributed by atoms with Gasteiger partial charge < -0.3 is 23.7 Å². The molecule has 5 saturated heterocycles. The van der Waals surface area contributed by atoms with E-state index < -0.39 is 22.8 Å². The van der Waals surface area contributed by atoms with Crippen LogP contribution >= 0.6 is 0 Å². The summed E-state index contributed by atoms with van der Waals surface area (Å²) in [5.41, 5.74) is 1.35. The Bertz CT molecular complexity index is 941. The van der Waals surface area contributed by atoms with Crippen LogP contribution in [0.2, 0.25) is 0 Å². The van der Waals surface area contributed by atoms with Crippen molar-refractivity contribution < 1.29 is 28.5 Å². The highest BCUT2D eigenvalue weighted by Gasteiger charge is 2.71. The number of cyclic esters (lactones) is 1. The first-order valence-corrected chi connectivity index (χ1v) is 14.5. The first kappa shape index (κ1) is 27.4. The second kappa shape index (κ2) is 9.46. The molecule has 6 heteroatoms. The number of carbonyl (C=O) groups excluding carboxylic acids is 1. The summed E-state index contributed by atoms with van der Waals surface area (Å²) in [6, 6.07) is 0. The summed E-state index contributed by atoms with van der Waals surface area (Å²) in [5.74, 6) is -0.0660. The maximum atomic E-state index is 11.9. The van der Waals surface area contributed by atoms with Crippen LogP contribution in [0.3, 0.4) is 0 Å². The maximum Gasteiger partial charge on any atom is 0.333 e. The zero-order chi connectivity index (χ0) is 26.7. The van der Waals surface area contributed by atoms with Crippen LogP contribution in [0.25, 0.3) is 0 Å². The fourth-order valence-corrected chi connectivity index (χ4v) is 8.16. The third-order valence-electron chi connectivity index (χ3n) is 10.9. The van der Waals surface area contributed by atoms with E-state index in [1.165, 1.54) is 18.4 Å². The van der Waals surface area contributed by atoms with Crippen LogP contribution in [0.1, 0.15) is 98.8 Å². The molecule has 1 spiro atoms. The van der Waals surface area contributed by atoms with Crippen LogP contribution in [-0.4, -0.2) is 49.1 Å². The monoisotopic (exact) mass is 516 g/mol. The number of ether oxygens (including phenoxy) is 5. The van der Waals surface area contributed by atoms with Gasteiger partial charge in [-0.1, -0.05) is 32.1 Å². The third-order valence-corrected chi connectivity index (χ3v) is 10.9. The highest BCUT2D eigenvalue weighted by atomic mass is 16.8. The number of hydrogen-bond acceptors (Lipinski definition) is 6. The highest BCUT2D eigenvalue weighted by molar-refractivity contribution is 5.90. The first-order chi connectivity index (χ1) is 17.4. The molecule has 0 aromatic heterocycles. The molecule has 1 saturated carbocycles. The van der Waals surface area contributed by atoms with Crippen molar-refractivity contribution >= 4 is 5.97 Å². The Balaban J connectivity index is 1.19. The van der Waals surface area contributed by atoms with E-state index >= 15 is 0 Å². The van der Waals surface area contributed by atoms with Crippen LogP contribution in [0, 0.1) is 23.2 Å². The molecule has 6 aliphatic rings. The molecule has 208 valence electrons. The molecule has 0 unspecified atom stereocenters. The maximum absolute atomic E-state index is 11.9. The van der Waals surface area contributed by atoms with E-state index in [0.29, 0.717) is 31.0 Å². The molecular weight excluding hydrogens is 468 g/mol. The average molecular weight is 517 g/mol. The molecule has 0 radical (unpaired) electrons. The van der Waals surface area contributed by atoms with Gasteiger partial charge in [0.05, 0.1) is 13.2 Å². The minimum Gasteiger partial charge on any atom is -0.462 e. The number of allylic oxidation sites excluding steroid dienone is 2. The van der Waals surface area contributed by atoms with Crippen molar-refractivity contribution in [3.8, 4) is 0 Å². The van der Waals surface area contributed by atoms with Gasteiger partial charge in [-0.25, -0.2) is 4.79 Å². The van der Waals surface area contributed by atoms with Gasteiger partial charge in [-0.3, -0.25) is 0 Å². The molecule has 6 atom stereocenters. The van der Waals surface area contributed by atoms with E-state index in [1.807, 2.05) is 0 Å².